The summed E-state index contributed by atoms with van der Waals surface area (Å²) < 4.78 is 38.9. The zero-order valence-electron chi connectivity index (χ0n) is 17.5. The highest BCUT2D eigenvalue weighted by Crippen LogP contribution is 2.24. The molecule has 0 aliphatic rings. The Hall–Kier alpha value is -3.52. The van der Waals surface area contributed by atoms with Gasteiger partial charge >= 0.3 is 0 Å². The Morgan fingerprint density at radius 1 is 0.903 bits per heavy atom. The second-order valence-corrected chi connectivity index (χ2v) is 8.38. The fourth-order valence-electron chi connectivity index (χ4n) is 2.91. The van der Waals surface area contributed by atoms with Crippen molar-refractivity contribution < 1.29 is 22.7 Å². The molecule has 162 valence electrons. The number of hydrogen-bond donors (Lipinski definition) is 2. The van der Waals surface area contributed by atoms with Gasteiger partial charge in [-0.2, -0.15) is 0 Å². The first-order valence-corrected chi connectivity index (χ1v) is 11.1. The van der Waals surface area contributed by atoms with Crippen LogP contribution in [0.2, 0.25) is 0 Å². The minimum Gasteiger partial charge on any atom is -0.497 e. The van der Waals surface area contributed by atoms with Crippen LogP contribution in [0.5, 0.6) is 11.5 Å². The van der Waals surface area contributed by atoms with Crippen molar-refractivity contribution in [2.24, 2.45) is 0 Å². The third kappa shape index (κ3) is 5.55. The molecular formula is C23H24N2O5S. The van der Waals surface area contributed by atoms with Gasteiger partial charge in [0.1, 0.15) is 11.5 Å². The Labute approximate surface area is 182 Å². The summed E-state index contributed by atoms with van der Waals surface area (Å²) in [5.74, 6) is 0.944. The number of carbonyl (C=O) groups excluding carboxylic acids is 1. The molecule has 0 bridgehead atoms. The zero-order valence-corrected chi connectivity index (χ0v) is 18.3. The lowest BCUT2D eigenvalue weighted by Crippen LogP contribution is -2.16. The minimum absolute atomic E-state index is 0.0777. The van der Waals surface area contributed by atoms with Gasteiger partial charge in [0.25, 0.3) is 15.9 Å². The average molecular weight is 441 g/mol. The molecule has 3 rings (SSSR count). The van der Waals surface area contributed by atoms with E-state index in [-0.39, 0.29) is 10.8 Å². The second-order valence-electron chi connectivity index (χ2n) is 6.73. The van der Waals surface area contributed by atoms with E-state index in [4.69, 9.17) is 9.47 Å². The van der Waals surface area contributed by atoms with Crippen molar-refractivity contribution in [2.75, 3.05) is 23.8 Å². The molecule has 3 aromatic carbocycles. The molecule has 31 heavy (non-hydrogen) atoms. The number of amides is 1. The van der Waals surface area contributed by atoms with Crippen molar-refractivity contribution in [3.8, 4) is 11.5 Å². The van der Waals surface area contributed by atoms with E-state index in [0.717, 1.165) is 0 Å². The topological polar surface area (TPSA) is 93.7 Å². The maximum atomic E-state index is 12.9. The van der Waals surface area contributed by atoms with Crippen molar-refractivity contribution in [1.82, 2.24) is 0 Å². The first-order chi connectivity index (χ1) is 14.8. The summed E-state index contributed by atoms with van der Waals surface area (Å²) in [7, 11) is -2.31. The van der Waals surface area contributed by atoms with Crippen LogP contribution < -0.4 is 19.5 Å². The Morgan fingerprint density at radius 3 is 2.13 bits per heavy atom. The van der Waals surface area contributed by atoms with Gasteiger partial charge in [-0.25, -0.2) is 8.42 Å². The lowest BCUT2D eigenvalue weighted by Gasteiger charge is -2.13. The summed E-state index contributed by atoms with van der Waals surface area (Å²) in [6.07, 6.45) is 0. The lowest BCUT2D eigenvalue weighted by atomic mass is 10.2. The standard InChI is InChI=1S/C23H24N2O5S/c1-4-30-21-13-9-18(10-14-21)25-31(27,28)22-15-19(8-5-16(22)2)24-23(26)17-6-11-20(29-3)12-7-17/h5-15,25H,4H2,1-3H3,(H,24,26). The monoisotopic (exact) mass is 440 g/mol. The molecule has 0 heterocycles. The highest BCUT2D eigenvalue weighted by molar-refractivity contribution is 7.92. The number of sulfonamides is 1. The molecule has 7 nitrogen and oxygen atoms in total. The number of anilines is 2. The van der Waals surface area contributed by atoms with E-state index >= 15 is 0 Å². The molecular weight excluding hydrogens is 416 g/mol. The van der Waals surface area contributed by atoms with Gasteiger partial charge < -0.3 is 14.8 Å². The molecule has 0 unspecified atom stereocenters. The summed E-state index contributed by atoms with van der Waals surface area (Å²) in [6.45, 7) is 4.10. The van der Waals surface area contributed by atoms with E-state index in [9.17, 15) is 13.2 Å². The van der Waals surface area contributed by atoms with E-state index in [1.165, 1.54) is 6.07 Å². The lowest BCUT2D eigenvalue weighted by molar-refractivity contribution is 0.102. The van der Waals surface area contributed by atoms with Gasteiger partial charge in [-0.1, -0.05) is 6.07 Å². The molecule has 8 heteroatoms. The summed E-state index contributed by atoms with van der Waals surface area (Å²) >= 11 is 0. The number of ether oxygens (including phenoxy) is 2. The summed E-state index contributed by atoms with van der Waals surface area (Å²) in [5.41, 5.74) is 1.77. The van der Waals surface area contributed by atoms with Crippen molar-refractivity contribution in [1.29, 1.82) is 0 Å². The number of carbonyl (C=O) groups is 1. The molecule has 0 atom stereocenters. The summed E-state index contributed by atoms with van der Waals surface area (Å²) in [4.78, 5) is 12.6. The van der Waals surface area contributed by atoms with E-state index in [1.807, 2.05) is 6.92 Å². The summed E-state index contributed by atoms with van der Waals surface area (Å²) in [5, 5.41) is 2.73. The first kappa shape index (κ1) is 22.2. The van der Waals surface area contributed by atoms with E-state index < -0.39 is 10.0 Å². The molecule has 0 saturated heterocycles. The third-order valence-electron chi connectivity index (χ3n) is 4.51. The summed E-state index contributed by atoms with van der Waals surface area (Å²) in [6, 6.07) is 18.0. The fraction of sp³-hybridized carbons (Fsp3) is 0.174. The van der Waals surface area contributed by atoms with Crippen LogP contribution in [-0.4, -0.2) is 28.0 Å². The van der Waals surface area contributed by atoms with Crippen molar-refractivity contribution in [2.45, 2.75) is 18.7 Å². The van der Waals surface area contributed by atoms with Gasteiger partial charge in [0, 0.05) is 16.9 Å². The second kappa shape index (κ2) is 9.53. The van der Waals surface area contributed by atoms with Crippen molar-refractivity contribution >= 4 is 27.3 Å². The molecule has 0 spiro atoms. The van der Waals surface area contributed by atoms with Crippen LogP contribution in [0.25, 0.3) is 0 Å². The minimum atomic E-state index is -3.86. The Kier molecular flexibility index (Phi) is 6.81. The Morgan fingerprint density at radius 2 is 1.52 bits per heavy atom. The smallest absolute Gasteiger partial charge is 0.262 e. The number of benzene rings is 3. The van der Waals surface area contributed by atoms with E-state index in [0.29, 0.717) is 40.6 Å². The molecule has 3 aromatic rings. The highest BCUT2D eigenvalue weighted by Gasteiger charge is 2.18. The van der Waals surface area contributed by atoms with Crippen LogP contribution in [0.4, 0.5) is 11.4 Å². The van der Waals surface area contributed by atoms with Gasteiger partial charge in [0.2, 0.25) is 0 Å². The van der Waals surface area contributed by atoms with Crippen molar-refractivity contribution in [3.63, 3.8) is 0 Å². The van der Waals surface area contributed by atoms with Gasteiger partial charge in [-0.3, -0.25) is 9.52 Å². The number of aryl methyl sites for hydroxylation is 1. The van der Waals surface area contributed by atoms with Crippen molar-refractivity contribution in [3.05, 3.63) is 77.9 Å². The quantitative estimate of drug-likeness (QED) is 0.540. The molecule has 0 aromatic heterocycles. The Balaban J connectivity index is 1.79. The molecule has 2 N–H and O–H groups in total. The number of rotatable bonds is 8. The van der Waals surface area contributed by atoms with Gasteiger partial charge in [0.05, 0.1) is 18.6 Å². The highest BCUT2D eigenvalue weighted by atomic mass is 32.2. The van der Waals surface area contributed by atoms with Gasteiger partial charge in [0.15, 0.2) is 0 Å². The van der Waals surface area contributed by atoms with Crippen LogP contribution in [0, 0.1) is 6.92 Å². The van der Waals surface area contributed by atoms with Crippen LogP contribution >= 0.6 is 0 Å². The molecule has 0 aliphatic carbocycles. The molecule has 0 fully saturated rings. The maximum absolute atomic E-state index is 12.9. The number of methoxy groups -OCH3 is 1. The van der Waals surface area contributed by atoms with Crippen LogP contribution in [0.1, 0.15) is 22.8 Å². The molecule has 1 amide bonds. The SMILES string of the molecule is CCOc1ccc(NS(=O)(=O)c2cc(NC(=O)c3ccc(OC)cc3)ccc2C)cc1. The predicted molar refractivity (Wildman–Crippen MR) is 121 cm³/mol. The maximum Gasteiger partial charge on any atom is 0.262 e. The number of nitrogens with one attached hydrogen (secondary N) is 2. The average Bonchev–Trinajstić information content (AvgIpc) is 2.76. The normalized spacial score (nSPS) is 10.9. The first-order valence-electron chi connectivity index (χ1n) is 9.64. The predicted octanol–water partition coefficient (Wildman–Crippen LogP) is 4.46. The number of hydrogen-bond acceptors (Lipinski definition) is 5. The van der Waals surface area contributed by atoms with Gasteiger partial charge in [-0.15, -0.1) is 0 Å². The Bertz CT molecular complexity index is 1160. The van der Waals surface area contributed by atoms with E-state index in [1.54, 1.807) is 74.7 Å². The van der Waals surface area contributed by atoms with Crippen LogP contribution in [0.15, 0.2) is 71.6 Å². The zero-order chi connectivity index (χ0) is 22.4. The van der Waals surface area contributed by atoms with E-state index in [2.05, 4.69) is 10.0 Å². The van der Waals surface area contributed by atoms with Gasteiger partial charge in [-0.05, 0) is 80.1 Å². The molecule has 0 radical (unpaired) electrons. The van der Waals surface area contributed by atoms with Crippen LogP contribution in [0.3, 0.4) is 0 Å². The molecule has 0 aliphatic heterocycles. The third-order valence-corrected chi connectivity index (χ3v) is 6.03. The largest absolute Gasteiger partial charge is 0.497 e. The van der Waals surface area contributed by atoms with Crippen LogP contribution in [-0.2, 0) is 10.0 Å². The fourth-order valence-corrected chi connectivity index (χ4v) is 4.24. The molecule has 0 saturated carbocycles.